The van der Waals surface area contributed by atoms with E-state index in [0.717, 1.165) is 11.8 Å². The minimum absolute atomic E-state index is 0.0836. The first-order valence-corrected chi connectivity index (χ1v) is 11.2. The number of carboxylic acid groups (broad SMARTS) is 1. The number of sulfone groups is 1. The van der Waals surface area contributed by atoms with Gasteiger partial charge in [-0.3, -0.25) is 4.79 Å². The average molecular weight is 481 g/mol. The van der Waals surface area contributed by atoms with Gasteiger partial charge in [0, 0.05) is 9.72 Å². The largest absolute Gasteiger partial charge is 0.480 e. The minimum Gasteiger partial charge on any atom is -0.480 e. The molecule has 0 aromatic heterocycles. The number of hydrogen-bond donors (Lipinski definition) is 1. The van der Waals surface area contributed by atoms with E-state index >= 15 is 0 Å². The van der Waals surface area contributed by atoms with Crippen molar-refractivity contribution in [1.29, 1.82) is 0 Å². The zero-order valence-electron chi connectivity index (χ0n) is 13.7. The van der Waals surface area contributed by atoms with Crippen molar-refractivity contribution in [2.45, 2.75) is 11.3 Å². The lowest BCUT2D eigenvalue weighted by atomic mass is 10.2. The summed E-state index contributed by atoms with van der Waals surface area (Å²) in [7, 11) is -3.27. The Labute approximate surface area is 166 Å². The van der Waals surface area contributed by atoms with Crippen LogP contribution in [0.1, 0.15) is 0 Å². The van der Waals surface area contributed by atoms with Gasteiger partial charge in [0.2, 0.25) is 0 Å². The number of aliphatic imine (C=N–C) groups is 1. The molecule has 146 valence electrons. The van der Waals surface area contributed by atoms with Crippen LogP contribution in [0.25, 0.3) is 0 Å². The van der Waals surface area contributed by atoms with Crippen molar-refractivity contribution >= 4 is 60.3 Å². The second-order valence-corrected chi connectivity index (χ2v) is 10.2. The number of amidine groups is 1. The number of aliphatic carboxylic acids is 1. The summed E-state index contributed by atoms with van der Waals surface area (Å²) in [6, 6.07) is 3.79. The fraction of sp³-hybridized carbons (Fsp3) is 0.400. The second kappa shape index (κ2) is 7.86. The Balaban J connectivity index is 1.89. The van der Waals surface area contributed by atoms with Crippen molar-refractivity contribution in [3.8, 4) is 0 Å². The van der Waals surface area contributed by atoms with Gasteiger partial charge in [-0.15, -0.1) is 0 Å². The van der Waals surface area contributed by atoms with Gasteiger partial charge >= 0.3 is 5.97 Å². The number of rotatable bonds is 5. The molecule has 2 heterocycles. The fourth-order valence-electron chi connectivity index (χ4n) is 2.89. The first kappa shape index (κ1) is 20.2. The molecule has 2 aliphatic rings. The van der Waals surface area contributed by atoms with Crippen molar-refractivity contribution in [3.05, 3.63) is 28.5 Å². The molecule has 0 spiro atoms. The third-order valence-corrected chi connectivity index (χ3v) is 7.61. The topological polar surface area (TPSA) is 113 Å². The number of carboxylic acids is 1. The predicted octanol–water partition coefficient (Wildman–Crippen LogP) is 1.29. The predicted molar refractivity (Wildman–Crippen MR) is 101 cm³/mol. The Morgan fingerprint density at radius 3 is 2.78 bits per heavy atom. The fourth-order valence-corrected chi connectivity index (χ4v) is 7.14. The van der Waals surface area contributed by atoms with Crippen molar-refractivity contribution in [1.82, 2.24) is 0 Å². The van der Waals surface area contributed by atoms with Gasteiger partial charge in [-0.2, -0.15) is 4.99 Å². The van der Waals surface area contributed by atoms with E-state index in [2.05, 4.69) is 20.9 Å². The van der Waals surface area contributed by atoms with Crippen molar-refractivity contribution in [2.24, 2.45) is 4.99 Å². The van der Waals surface area contributed by atoms with E-state index in [4.69, 9.17) is 9.84 Å². The van der Waals surface area contributed by atoms with Crippen LogP contribution >= 0.6 is 27.7 Å². The maximum absolute atomic E-state index is 14.5. The van der Waals surface area contributed by atoms with Gasteiger partial charge in [0.15, 0.2) is 15.0 Å². The molecule has 0 aliphatic carbocycles. The zero-order valence-corrected chi connectivity index (χ0v) is 16.9. The van der Waals surface area contributed by atoms with E-state index in [0.29, 0.717) is 4.47 Å². The molecule has 2 atom stereocenters. The Kier molecular flexibility index (Phi) is 5.89. The average Bonchev–Trinajstić information content (AvgIpc) is 2.98. The van der Waals surface area contributed by atoms with Gasteiger partial charge < -0.3 is 14.7 Å². The molecule has 3 rings (SSSR count). The van der Waals surface area contributed by atoms with Crippen LogP contribution in [0.15, 0.2) is 27.7 Å². The molecule has 0 unspecified atom stereocenters. The number of thioether (sulfide) groups is 1. The molecule has 1 aromatic rings. The molecule has 27 heavy (non-hydrogen) atoms. The zero-order chi connectivity index (χ0) is 19.8. The molecule has 8 nitrogen and oxygen atoms in total. The number of amides is 1. The van der Waals surface area contributed by atoms with Gasteiger partial charge in [-0.1, -0.05) is 27.7 Å². The smallest absolute Gasteiger partial charge is 0.329 e. The van der Waals surface area contributed by atoms with Crippen LogP contribution in [-0.2, 0) is 24.2 Å². The maximum atomic E-state index is 14.5. The minimum atomic E-state index is -3.27. The van der Waals surface area contributed by atoms with Crippen LogP contribution < -0.4 is 4.90 Å². The number of carbonyl (C=O) groups is 2. The van der Waals surface area contributed by atoms with Gasteiger partial charge in [-0.25, -0.2) is 17.6 Å². The molecule has 0 saturated carbocycles. The summed E-state index contributed by atoms with van der Waals surface area (Å²) in [5, 5.41) is 8.33. The molecule has 1 amide bonds. The summed E-state index contributed by atoms with van der Waals surface area (Å²) in [5.74, 6) is -2.78. The van der Waals surface area contributed by atoms with Crippen LogP contribution in [0.2, 0.25) is 0 Å². The number of anilines is 1. The molecular formula is C15H14BrFN2O6S2. The van der Waals surface area contributed by atoms with E-state index in [1.807, 2.05) is 0 Å². The summed E-state index contributed by atoms with van der Waals surface area (Å²) < 4.78 is 43.7. The lowest BCUT2D eigenvalue weighted by molar-refractivity contribution is -0.143. The second-order valence-electron chi connectivity index (χ2n) is 5.94. The molecule has 2 fully saturated rings. The molecule has 2 aliphatic heterocycles. The quantitative estimate of drug-likeness (QED) is 0.670. The highest BCUT2D eigenvalue weighted by molar-refractivity contribution is 9.10. The van der Waals surface area contributed by atoms with Crippen LogP contribution in [0.4, 0.5) is 10.1 Å². The SMILES string of the molecule is O=C(O)COCC(=O)N=C1S[C@H]2CS(=O)(=O)C[C@H]2N1c1ccc(Br)cc1F. The van der Waals surface area contributed by atoms with Gasteiger partial charge in [-0.05, 0) is 18.2 Å². The lowest BCUT2D eigenvalue weighted by Crippen LogP contribution is -2.38. The first-order valence-electron chi connectivity index (χ1n) is 7.69. The van der Waals surface area contributed by atoms with Crippen LogP contribution in [0, 0.1) is 5.82 Å². The van der Waals surface area contributed by atoms with Crippen molar-refractivity contribution in [3.63, 3.8) is 0 Å². The highest BCUT2D eigenvalue weighted by Gasteiger charge is 2.50. The number of ether oxygens (including phenoxy) is 1. The summed E-state index contributed by atoms with van der Waals surface area (Å²) in [6.45, 7) is -1.18. The third-order valence-electron chi connectivity index (χ3n) is 3.91. The molecule has 1 aromatic carbocycles. The van der Waals surface area contributed by atoms with Crippen LogP contribution in [0.3, 0.4) is 0 Å². The Hall–Kier alpha value is -1.50. The molecular weight excluding hydrogens is 467 g/mol. The summed E-state index contributed by atoms with van der Waals surface area (Å²) in [6.07, 6.45) is 0. The Morgan fingerprint density at radius 1 is 1.37 bits per heavy atom. The van der Waals surface area contributed by atoms with E-state index < -0.39 is 46.8 Å². The molecule has 12 heteroatoms. The van der Waals surface area contributed by atoms with Gasteiger partial charge in [0.1, 0.15) is 19.0 Å². The van der Waals surface area contributed by atoms with Gasteiger partial charge in [0.25, 0.3) is 5.91 Å². The number of benzene rings is 1. The van der Waals surface area contributed by atoms with Crippen LogP contribution in [-0.4, -0.2) is 66.6 Å². The number of nitrogens with zero attached hydrogens (tertiary/aromatic N) is 2. The van der Waals surface area contributed by atoms with E-state index in [-0.39, 0.29) is 27.6 Å². The van der Waals surface area contributed by atoms with E-state index in [1.165, 1.54) is 17.0 Å². The van der Waals surface area contributed by atoms with E-state index in [1.54, 1.807) is 6.07 Å². The summed E-state index contributed by atoms with van der Waals surface area (Å²) in [5.41, 5.74) is 0.119. The maximum Gasteiger partial charge on any atom is 0.329 e. The van der Waals surface area contributed by atoms with Crippen molar-refractivity contribution < 1.29 is 32.2 Å². The highest BCUT2D eigenvalue weighted by atomic mass is 79.9. The first-order chi connectivity index (χ1) is 12.7. The Morgan fingerprint density at radius 2 is 2.11 bits per heavy atom. The normalized spacial score (nSPS) is 25.0. The lowest BCUT2D eigenvalue weighted by Gasteiger charge is -2.25. The monoisotopic (exact) mass is 480 g/mol. The number of hydrogen-bond acceptors (Lipinski definition) is 6. The Bertz CT molecular complexity index is 923. The van der Waals surface area contributed by atoms with Crippen LogP contribution in [0.5, 0.6) is 0 Å². The highest BCUT2D eigenvalue weighted by Crippen LogP contribution is 2.42. The third kappa shape index (κ3) is 4.68. The number of fused-ring (bicyclic) bond motifs is 1. The molecule has 2 saturated heterocycles. The number of halogens is 2. The molecule has 0 radical (unpaired) electrons. The van der Waals surface area contributed by atoms with Gasteiger partial charge in [0.05, 0.1) is 23.2 Å². The molecule has 0 bridgehead atoms. The summed E-state index contributed by atoms with van der Waals surface area (Å²) >= 11 is 4.26. The van der Waals surface area contributed by atoms with E-state index in [9.17, 15) is 22.4 Å². The standard InChI is InChI=1S/C15H14BrFN2O6S2/c16-8-1-2-10(9(17)3-8)19-11-6-27(23,24)7-12(11)26-15(19)18-13(20)4-25-5-14(21)22/h1-3,11-12H,4-7H2,(H,21,22)/t11-,12+/m1/s1. The summed E-state index contributed by atoms with van der Waals surface area (Å²) in [4.78, 5) is 27.7. The van der Waals surface area contributed by atoms with Crippen molar-refractivity contribution in [2.75, 3.05) is 29.6 Å². The molecule has 1 N–H and O–H groups in total. The number of carbonyl (C=O) groups excluding carboxylic acids is 1.